The molecule has 2 amide bonds. The fourth-order valence-electron chi connectivity index (χ4n) is 3.74. The molecule has 4 aromatic rings. The number of benzene rings is 2. The first-order valence-corrected chi connectivity index (χ1v) is 12.3. The number of nitrogens with one attached hydrogen (secondary N) is 1. The quantitative estimate of drug-likeness (QED) is 0.284. The summed E-state index contributed by atoms with van der Waals surface area (Å²) in [4.78, 5) is 41.8. The molecule has 2 aromatic carbocycles. The smallest absolute Gasteiger partial charge is 0.475 e. The molecular formula is C30H28F3N3O5. The van der Waals surface area contributed by atoms with E-state index in [2.05, 4.69) is 10.3 Å². The maximum Gasteiger partial charge on any atom is 0.490 e. The van der Waals surface area contributed by atoms with E-state index in [0.717, 1.165) is 11.1 Å². The van der Waals surface area contributed by atoms with Gasteiger partial charge in [-0.2, -0.15) is 13.2 Å². The Hall–Kier alpha value is -4.93. The van der Waals surface area contributed by atoms with E-state index < -0.39 is 29.6 Å². The minimum Gasteiger partial charge on any atom is -0.475 e. The van der Waals surface area contributed by atoms with Gasteiger partial charge < -0.3 is 14.8 Å². The van der Waals surface area contributed by atoms with Crippen LogP contribution in [0.15, 0.2) is 102 Å². The zero-order valence-electron chi connectivity index (χ0n) is 22.4. The number of carboxylic acid groups (broad SMARTS) is 1. The number of carbonyl (C=O) groups is 3. The Morgan fingerprint density at radius 1 is 0.878 bits per heavy atom. The molecular weight excluding hydrogens is 539 g/mol. The number of furan rings is 1. The molecule has 0 bridgehead atoms. The van der Waals surface area contributed by atoms with Gasteiger partial charge in [0.1, 0.15) is 6.04 Å². The predicted octanol–water partition coefficient (Wildman–Crippen LogP) is 6.28. The van der Waals surface area contributed by atoms with Crippen molar-refractivity contribution in [2.45, 2.75) is 38.5 Å². The van der Waals surface area contributed by atoms with E-state index in [1.165, 1.54) is 11.2 Å². The lowest BCUT2D eigenvalue weighted by Gasteiger charge is -2.33. The summed E-state index contributed by atoms with van der Waals surface area (Å²) >= 11 is 0. The van der Waals surface area contributed by atoms with Crippen LogP contribution in [0, 0.1) is 0 Å². The second-order valence-electron chi connectivity index (χ2n) is 9.80. The van der Waals surface area contributed by atoms with Gasteiger partial charge >= 0.3 is 12.1 Å². The van der Waals surface area contributed by atoms with Crippen LogP contribution in [-0.2, 0) is 9.59 Å². The lowest BCUT2D eigenvalue weighted by molar-refractivity contribution is -0.192. The van der Waals surface area contributed by atoms with Crippen molar-refractivity contribution in [3.8, 4) is 11.1 Å². The van der Waals surface area contributed by atoms with Crippen molar-refractivity contribution in [3.05, 3.63) is 109 Å². The zero-order chi connectivity index (χ0) is 30.2. The molecule has 4 rings (SSSR count). The summed E-state index contributed by atoms with van der Waals surface area (Å²) in [6, 6.07) is 23.4. The van der Waals surface area contributed by atoms with Crippen molar-refractivity contribution in [2.75, 3.05) is 4.90 Å². The first-order chi connectivity index (χ1) is 19.3. The number of rotatable bonds is 6. The number of carboxylic acids is 1. The van der Waals surface area contributed by atoms with Gasteiger partial charge in [0, 0.05) is 29.2 Å². The number of nitrogens with zero attached hydrogens (tertiary/aromatic N) is 2. The average molecular weight is 568 g/mol. The molecule has 11 heteroatoms. The van der Waals surface area contributed by atoms with Crippen LogP contribution < -0.4 is 10.2 Å². The minimum atomic E-state index is -5.08. The highest BCUT2D eigenvalue weighted by Gasteiger charge is 2.38. The van der Waals surface area contributed by atoms with Crippen LogP contribution in [0.1, 0.15) is 42.9 Å². The number of pyridine rings is 1. The zero-order valence-corrected chi connectivity index (χ0v) is 22.4. The Balaban J connectivity index is 0.000000587. The molecule has 2 aromatic heterocycles. The van der Waals surface area contributed by atoms with Gasteiger partial charge in [0.2, 0.25) is 5.91 Å². The lowest BCUT2D eigenvalue weighted by Crippen LogP contribution is -2.49. The van der Waals surface area contributed by atoms with E-state index in [1.807, 2.05) is 75.4 Å². The number of anilines is 1. The summed E-state index contributed by atoms with van der Waals surface area (Å²) in [7, 11) is 0. The van der Waals surface area contributed by atoms with Gasteiger partial charge in [0.15, 0.2) is 5.76 Å². The van der Waals surface area contributed by atoms with Crippen LogP contribution in [0.4, 0.5) is 18.9 Å². The number of hydrogen-bond acceptors (Lipinski definition) is 5. The van der Waals surface area contributed by atoms with Crippen LogP contribution in [0.2, 0.25) is 0 Å². The maximum atomic E-state index is 13.7. The molecule has 8 nitrogen and oxygen atoms in total. The summed E-state index contributed by atoms with van der Waals surface area (Å²) in [5, 5.41) is 10.1. The molecule has 2 heterocycles. The summed E-state index contributed by atoms with van der Waals surface area (Å²) in [5.74, 6) is -3.35. The van der Waals surface area contributed by atoms with Crippen molar-refractivity contribution in [1.29, 1.82) is 0 Å². The second kappa shape index (κ2) is 12.9. The first-order valence-electron chi connectivity index (χ1n) is 12.3. The van der Waals surface area contributed by atoms with Crippen LogP contribution in [0.5, 0.6) is 0 Å². The highest BCUT2D eigenvalue weighted by atomic mass is 19.4. The molecule has 0 spiro atoms. The largest absolute Gasteiger partial charge is 0.490 e. The Bertz CT molecular complexity index is 1430. The number of alkyl halides is 3. The Kier molecular flexibility index (Phi) is 9.67. The molecule has 0 aliphatic heterocycles. The van der Waals surface area contributed by atoms with Gasteiger partial charge in [0.25, 0.3) is 5.91 Å². The fraction of sp³-hybridized carbons (Fsp3) is 0.200. The van der Waals surface area contributed by atoms with Gasteiger partial charge in [0.05, 0.1) is 6.26 Å². The predicted molar refractivity (Wildman–Crippen MR) is 146 cm³/mol. The first kappa shape index (κ1) is 30.6. The number of halogens is 3. The number of aliphatic carboxylic acids is 1. The third kappa shape index (κ3) is 8.53. The topological polar surface area (TPSA) is 113 Å². The van der Waals surface area contributed by atoms with Gasteiger partial charge in [-0.25, -0.2) is 4.79 Å². The molecule has 2 N–H and O–H groups in total. The number of carbonyl (C=O) groups excluding carboxylic acids is 2. The molecule has 1 atom stereocenters. The van der Waals surface area contributed by atoms with Crippen molar-refractivity contribution >= 4 is 23.5 Å². The van der Waals surface area contributed by atoms with Gasteiger partial charge in [-0.15, -0.1) is 0 Å². The SMILES string of the molecule is CC(C)(C)NC(=O)C(c1cccnc1)N(C(=O)c1ccco1)c1ccc(-c2ccccc2)cc1.O=C(O)C(F)(F)F. The molecule has 41 heavy (non-hydrogen) atoms. The van der Waals surface area contributed by atoms with E-state index in [1.54, 1.807) is 36.7 Å². The summed E-state index contributed by atoms with van der Waals surface area (Å²) in [5.41, 5.74) is 2.74. The van der Waals surface area contributed by atoms with Gasteiger partial charge in [-0.3, -0.25) is 19.5 Å². The summed E-state index contributed by atoms with van der Waals surface area (Å²) in [6.07, 6.45) is -0.401. The number of aromatic nitrogens is 1. The van der Waals surface area contributed by atoms with Crippen LogP contribution in [-0.4, -0.2) is 39.6 Å². The van der Waals surface area contributed by atoms with Crippen LogP contribution in [0.3, 0.4) is 0 Å². The molecule has 0 fully saturated rings. The monoisotopic (exact) mass is 567 g/mol. The van der Waals surface area contributed by atoms with Crippen LogP contribution >= 0.6 is 0 Å². The molecule has 0 aliphatic carbocycles. The van der Waals surface area contributed by atoms with Crippen molar-refractivity contribution in [2.24, 2.45) is 0 Å². The minimum absolute atomic E-state index is 0.143. The van der Waals surface area contributed by atoms with Gasteiger partial charge in [-0.05, 0) is 62.2 Å². The van der Waals surface area contributed by atoms with E-state index in [-0.39, 0.29) is 11.7 Å². The van der Waals surface area contributed by atoms with Crippen molar-refractivity contribution < 1.29 is 37.1 Å². The molecule has 1 unspecified atom stereocenters. The van der Waals surface area contributed by atoms with E-state index in [4.69, 9.17) is 14.3 Å². The highest BCUT2D eigenvalue weighted by Crippen LogP contribution is 2.32. The molecule has 0 aliphatic rings. The second-order valence-corrected chi connectivity index (χ2v) is 9.80. The molecule has 214 valence electrons. The summed E-state index contributed by atoms with van der Waals surface area (Å²) < 4.78 is 37.2. The maximum absolute atomic E-state index is 13.7. The number of hydrogen-bond donors (Lipinski definition) is 2. The molecule has 0 saturated heterocycles. The standard InChI is InChI=1S/C28H27N3O3.C2HF3O2/c1-28(2,3)30-26(32)25(22-11-7-17-29-19-22)31(27(33)24-12-8-18-34-24)23-15-13-21(14-16-23)20-9-5-4-6-10-20;3-2(4,5)1(6)7/h4-19,25H,1-3H3,(H,30,32);(H,6,7). The Morgan fingerprint density at radius 3 is 1.98 bits per heavy atom. The van der Waals surface area contributed by atoms with E-state index in [0.29, 0.717) is 11.3 Å². The van der Waals surface area contributed by atoms with E-state index >= 15 is 0 Å². The molecule has 0 saturated carbocycles. The lowest BCUT2D eigenvalue weighted by atomic mass is 10.0. The fourth-order valence-corrected chi connectivity index (χ4v) is 3.74. The highest BCUT2D eigenvalue weighted by molar-refractivity contribution is 6.08. The molecule has 0 radical (unpaired) electrons. The normalized spacial score (nSPS) is 12.0. The Morgan fingerprint density at radius 2 is 1.49 bits per heavy atom. The Labute approximate surface area is 234 Å². The number of amides is 2. The average Bonchev–Trinajstić information content (AvgIpc) is 3.46. The summed E-state index contributed by atoms with van der Waals surface area (Å²) in [6.45, 7) is 5.70. The third-order valence-corrected chi connectivity index (χ3v) is 5.45. The van der Waals surface area contributed by atoms with Crippen molar-refractivity contribution in [1.82, 2.24) is 10.3 Å². The van der Waals surface area contributed by atoms with Crippen LogP contribution in [0.25, 0.3) is 11.1 Å². The van der Waals surface area contributed by atoms with E-state index in [9.17, 15) is 22.8 Å². The van der Waals surface area contributed by atoms with Crippen molar-refractivity contribution in [3.63, 3.8) is 0 Å². The third-order valence-electron chi connectivity index (χ3n) is 5.45. The van der Waals surface area contributed by atoms with Gasteiger partial charge in [-0.1, -0.05) is 48.5 Å².